The largest absolute Gasteiger partial charge is 0.493 e. The number of esters is 1. The number of methoxy groups -OCH3 is 1. The van der Waals surface area contributed by atoms with Crippen molar-refractivity contribution in [1.29, 1.82) is 0 Å². The summed E-state index contributed by atoms with van der Waals surface area (Å²) < 4.78 is 19.0. The number of carbonyl (C=O) groups is 1. The van der Waals surface area contributed by atoms with E-state index in [0.29, 0.717) is 40.5 Å². The molecule has 0 radical (unpaired) electrons. The number of hydrogen-bond donors (Lipinski definition) is 1. The number of carbonyl (C=O) groups excluding carboxylic acids is 1. The zero-order valence-electron chi connectivity index (χ0n) is 22.3. The number of thioether (sulfide) groups is 1. The van der Waals surface area contributed by atoms with Crippen LogP contribution in [-0.4, -0.2) is 40.2 Å². The first-order valence-electron chi connectivity index (χ1n) is 12.7. The van der Waals surface area contributed by atoms with E-state index in [9.17, 15) is 4.79 Å². The van der Waals surface area contributed by atoms with Gasteiger partial charge in [0.2, 0.25) is 11.1 Å². The number of nitrogens with one attached hydrogen (secondary N) is 1. The molecule has 2 heterocycles. The Labute approximate surface area is 228 Å². The van der Waals surface area contributed by atoms with E-state index in [1.54, 1.807) is 29.6 Å². The second-order valence-corrected chi connectivity index (χ2v) is 10.0. The SMILES string of the molecule is C=CCOC(=O)C1=C(C)Nc2nc(SCCCC)nn2C1c1ccc(OCc2ccccc2C)c(OC)c1. The van der Waals surface area contributed by atoms with Gasteiger partial charge in [0.1, 0.15) is 19.3 Å². The smallest absolute Gasteiger partial charge is 0.338 e. The maximum atomic E-state index is 13.2. The summed E-state index contributed by atoms with van der Waals surface area (Å²) in [6, 6.07) is 13.2. The van der Waals surface area contributed by atoms with E-state index < -0.39 is 12.0 Å². The molecule has 8 nitrogen and oxygen atoms in total. The zero-order valence-corrected chi connectivity index (χ0v) is 23.1. The Morgan fingerprint density at radius 2 is 2.03 bits per heavy atom. The number of allylic oxidation sites excluding steroid dienone is 1. The monoisotopic (exact) mass is 534 g/mol. The minimum Gasteiger partial charge on any atom is -0.493 e. The van der Waals surface area contributed by atoms with E-state index in [-0.39, 0.29) is 6.61 Å². The van der Waals surface area contributed by atoms with Crippen LogP contribution in [0.1, 0.15) is 49.4 Å². The molecule has 0 saturated heterocycles. The van der Waals surface area contributed by atoms with Gasteiger partial charge in [0, 0.05) is 11.4 Å². The summed E-state index contributed by atoms with van der Waals surface area (Å²) in [5.41, 5.74) is 4.17. The molecule has 0 saturated carbocycles. The summed E-state index contributed by atoms with van der Waals surface area (Å²) in [6.45, 7) is 10.2. The fraction of sp³-hybridized carbons (Fsp3) is 0.345. The predicted molar refractivity (Wildman–Crippen MR) is 150 cm³/mol. The van der Waals surface area contributed by atoms with E-state index in [4.69, 9.17) is 19.3 Å². The number of ether oxygens (including phenoxy) is 3. The van der Waals surface area contributed by atoms with E-state index in [2.05, 4.69) is 36.8 Å². The Balaban J connectivity index is 1.70. The molecule has 200 valence electrons. The first kappa shape index (κ1) is 27.3. The molecule has 1 aliphatic rings. The van der Waals surface area contributed by atoms with E-state index in [1.807, 2.05) is 43.3 Å². The van der Waals surface area contributed by atoms with Crippen molar-refractivity contribution in [2.45, 2.75) is 51.4 Å². The fourth-order valence-corrected chi connectivity index (χ4v) is 5.10. The van der Waals surface area contributed by atoms with Crippen molar-refractivity contribution in [3.63, 3.8) is 0 Å². The molecular weight excluding hydrogens is 500 g/mol. The van der Waals surface area contributed by atoms with Gasteiger partial charge in [0.15, 0.2) is 11.5 Å². The highest BCUT2D eigenvalue weighted by Gasteiger charge is 2.35. The number of fused-ring (bicyclic) bond motifs is 1. The first-order chi connectivity index (χ1) is 18.5. The Hall–Kier alpha value is -3.72. The van der Waals surface area contributed by atoms with Crippen LogP contribution in [0.2, 0.25) is 0 Å². The van der Waals surface area contributed by atoms with Crippen LogP contribution in [0.3, 0.4) is 0 Å². The maximum Gasteiger partial charge on any atom is 0.338 e. The molecule has 0 amide bonds. The van der Waals surface area contributed by atoms with Crippen LogP contribution in [0.4, 0.5) is 5.95 Å². The summed E-state index contributed by atoms with van der Waals surface area (Å²) in [4.78, 5) is 17.9. The van der Waals surface area contributed by atoms with Gasteiger partial charge in [-0.3, -0.25) is 0 Å². The standard InChI is InChI=1S/C29H34N4O4S/c1-6-8-16-38-29-31-28-30-20(4)25(27(34)36-15-7-2)26(33(28)32-29)21-13-14-23(24(17-21)35-5)37-18-22-12-10-9-11-19(22)3/h7,9-14,17,26H,2,6,8,15-16,18H2,1,3-5H3,(H,30,31,32). The lowest BCUT2D eigenvalue weighted by atomic mass is 9.95. The highest BCUT2D eigenvalue weighted by Crippen LogP contribution is 2.40. The van der Waals surface area contributed by atoms with Crippen LogP contribution < -0.4 is 14.8 Å². The first-order valence-corrected chi connectivity index (χ1v) is 13.7. The molecule has 1 aliphatic heterocycles. The molecule has 0 fully saturated rings. The van der Waals surface area contributed by atoms with Gasteiger partial charge in [-0.05, 0) is 49.1 Å². The Bertz CT molecular complexity index is 1330. The fourth-order valence-electron chi connectivity index (χ4n) is 4.19. The molecule has 2 aromatic carbocycles. The lowest BCUT2D eigenvalue weighted by Gasteiger charge is -2.28. The van der Waals surface area contributed by atoms with Gasteiger partial charge in [-0.1, -0.05) is 68.1 Å². The Morgan fingerprint density at radius 1 is 1.21 bits per heavy atom. The normalized spacial score (nSPS) is 14.5. The quantitative estimate of drug-likeness (QED) is 0.129. The number of benzene rings is 2. The number of hydrogen-bond acceptors (Lipinski definition) is 8. The third-order valence-electron chi connectivity index (χ3n) is 6.26. The molecule has 4 rings (SSSR count). The summed E-state index contributed by atoms with van der Waals surface area (Å²) in [5, 5.41) is 8.65. The van der Waals surface area contributed by atoms with Gasteiger partial charge in [-0.15, -0.1) is 5.10 Å². The van der Waals surface area contributed by atoms with Crippen LogP contribution in [0.25, 0.3) is 0 Å². The highest BCUT2D eigenvalue weighted by molar-refractivity contribution is 7.99. The molecular formula is C29H34N4O4S. The van der Waals surface area contributed by atoms with Crippen molar-refractivity contribution >= 4 is 23.7 Å². The Morgan fingerprint density at radius 3 is 2.76 bits per heavy atom. The Kier molecular flexibility index (Phi) is 9.12. The van der Waals surface area contributed by atoms with Gasteiger partial charge < -0.3 is 19.5 Å². The number of anilines is 1. The van der Waals surface area contributed by atoms with Crippen molar-refractivity contribution in [3.8, 4) is 11.5 Å². The maximum absolute atomic E-state index is 13.2. The molecule has 1 aromatic heterocycles. The molecule has 3 aromatic rings. The van der Waals surface area contributed by atoms with E-state index >= 15 is 0 Å². The summed E-state index contributed by atoms with van der Waals surface area (Å²) >= 11 is 1.60. The van der Waals surface area contributed by atoms with Crippen molar-refractivity contribution < 1.29 is 19.0 Å². The number of rotatable bonds is 12. The molecule has 1 N–H and O–H groups in total. The van der Waals surface area contributed by atoms with E-state index in [1.165, 1.54) is 0 Å². The summed E-state index contributed by atoms with van der Waals surface area (Å²) in [6.07, 6.45) is 3.72. The van der Waals surface area contributed by atoms with Crippen LogP contribution in [-0.2, 0) is 16.1 Å². The molecule has 38 heavy (non-hydrogen) atoms. The second kappa shape index (κ2) is 12.7. The highest BCUT2D eigenvalue weighted by atomic mass is 32.2. The second-order valence-electron chi connectivity index (χ2n) is 8.94. The minimum atomic E-state index is -0.559. The number of nitrogens with zero attached hydrogens (tertiary/aromatic N) is 3. The molecule has 0 aliphatic carbocycles. The van der Waals surface area contributed by atoms with E-state index in [0.717, 1.165) is 35.3 Å². The van der Waals surface area contributed by atoms with Gasteiger partial charge in [-0.2, -0.15) is 4.98 Å². The number of aromatic nitrogens is 3. The molecule has 1 unspecified atom stereocenters. The van der Waals surface area contributed by atoms with Crippen molar-refractivity contribution in [2.24, 2.45) is 0 Å². The predicted octanol–water partition coefficient (Wildman–Crippen LogP) is 6.08. The lowest BCUT2D eigenvalue weighted by molar-refractivity contribution is -0.138. The topological polar surface area (TPSA) is 87.5 Å². The molecule has 1 atom stereocenters. The number of unbranched alkanes of at least 4 members (excludes halogenated alkanes) is 1. The average molecular weight is 535 g/mol. The van der Waals surface area contributed by atoms with Crippen LogP contribution in [0.5, 0.6) is 11.5 Å². The van der Waals surface area contributed by atoms with Crippen LogP contribution in [0.15, 0.2) is 71.5 Å². The molecule has 9 heteroatoms. The lowest BCUT2D eigenvalue weighted by Crippen LogP contribution is -2.29. The zero-order chi connectivity index (χ0) is 27.1. The molecule has 0 spiro atoms. The van der Waals surface area contributed by atoms with Gasteiger partial charge in [-0.25, -0.2) is 9.48 Å². The summed E-state index contributed by atoms with van der Waals surface area (Å²) in [5.74, 6) is 2.22. The van der Waals surface area contributed by atoms with Crippen molar-refractivity contribution in [2.75, 3.05) is 24.8 Å². The van der Waals surface area contributed by atoms with Crippen LogP contribution >= 0.6 is 11.8 Å². The van der Waals surface area contributed by atoms with Gasteiger partial charge in [0.25, 0.3) is 0 Å². The van der Waals surface area contributed by atoms with Gasteiger partial charge in [0.05, 0.1) is 12.7 Å². The van der Waals surface area contributed by atoms with Crippen molar-refractivity contribution in [1.82, 2.24) is 14.8 Å². The third kappa shape index (κ3) is 6.05. The minimum absolute atomic E-state index is 0.111. The number of aryl methyl sites for hydroxylation is 1. The van der Waals surface area contributed by atoms with Gasteiger partial charge >= 0.3 is 5.97 Å². The van der Waals surface area contributed by atoms with Crippen molar-refractivity contribution in [3.05, 3.63) is 83.1 Å². The summed E-state index contributed by atoms with van der Waals surface area (Å²) in [7, 11) is 1.60. The van der Waals surface area contributed by atoms with Crippen LogP contribution in [0, 0.1) is 6.92 Å². The average Bonchev–Trinajstić information content (AvgIpc) is 3.32. The third-order valence-corrected chi connectivity index (χ3v) is 7.19. The molecule has 0 bridgehead atoms.